The van der Waals surface area contributed by atoms with E-state index < -0.39 is 11.9 Å². The fourth-order valence-corrected chi connectivity index (χ4v) is 0.754. The third kappa shape index (κ3) is 5.24. The standard InChI is InChI=1S/2C4H4N2O2.Pb/c2*7-4(8)3-5-1-2-6-3;/h2*1-2H,(H,5,6)(H,7,8);/q;;+2/p-2. The molecule has 0 aromatic carbocycles. The van der Waals surface area contributed by atoms with Crippen LogP contribution >= 0.6 is 0 Å². The fourth-order valence-electron chi connectivity index (χ4n) is 0.754. The van der Waals surface area contributed by atoms with Gasteiger partial charge in [-0.15, -0.1) is 0 Å². The Hall–Kier alpha value is -1.72. The van der Waals surface area contributed by atoms with Crippen LogP contribution in [-0.2, 0) is 0 Å². The Morgan fingerprint density at radius 1 is 0.941 bits per heavy atom. The van der Waals surface area contributed by atoms with Gasteiger partial charge in [-0.1, -0.05) is 0 Å². The number of carbonyl (C=O) groups excluding carboxylic acids is 2. The largest absolute Gasteiger partial charge is 2.00 e. The van der Waals surface area contributed by atoms with E-state index in [0.29, 0.717) is 0 Å². The van der Waals surface area contributed by atoms with Crippen molar-refractivity contribution < 1.29 is 19.8 Å². The predicted octanol–water partition coefficient (Wildman–Crippen LogP) is -2.83. The molecule has 2 heterocycles. The van der Waals surface area contributed by atoms with Crippen molar-refractivity contribution >= 4 is 39.2 Å². The van der Waals surface area contributed by atoms with Crippen molar-refractivity contribution in [2.75, 3.05) is 0 Å². The van der Waals surface area contributed by atoms with Crippen molar-refractivity contribution in [3.8, 4) is 0 Å². The van der Waals surface area contributed by atoms with Crippen LogP contribution < -0.4 is 10.2 Å². The van der Waals surface area contributed by atoms with Crippen LogP contribution in [-0.4, -0.2) is 59.2 Å². The number of carboxylic acids is 2. The zero-order valence-electron chi connectivity index (χ0n) is 8.34. The normalized spacial score (nSPS) is 8.47. The Kier molecular flexibility index (Phi) is 6.78. The molecule has 0 atom stereocenters. The SMILES string of the molecule is O=C([O-])c1ncc[nH]1.O=C([O-])c1ncc[nH]1.[Pb+2]. The number of H-pyrrole nitrogens is 2. The number of rotatable bonds is 2. The van der Waals surface area contributed by atoms with E-state index in [2.05, 4.69) is 19.9 Å². The molecule has 86 valence electrons. The molecular weight excluding hydrogens is 423 g/mol. The van der Waals surface area contributed by atoms with Crippen molar-refractivity contribution in [1.29, 1.82) is 0 Å². The number of aromatic amines is 2. The molecular formula is C8H6N4O4Pb. The van der Waals surface area contributed by atoms with Crippen molar-refractivity contribution in [3.63, 3.8) is 0 Å². The summed E-state index contributed by atoms with van der Waals surface area (Å²) in [6.45, 7) is 0. The van der Waals surface area contributed by atoms with Gasteiger partial charge < -0.3 is 29.8 Å². The molecule has 8 nitrogen and oxygen atoms in total. The van der Waals surface area contributed by atoms with Crippen molar-refractivity contribution in [2.24, 2.45) is 0 Å². The molecule has 2 aromatic heterocycles. The van der Waals surface area contributed by atoms with Crippen LogP contribution in [0.4, 0.5) is 0 Å². The van der Waals surface area contributed by atoms with Crippen LogP contribution in [0.5, 0.6) is 0 Å². The molecule has 0 aliphatic rings. The van der Waals surface area contributed by atoms with E-state index in [-0.39, 0.29) is 38.9 Å². The second-order valence-corrected chi connectivity index (χ2v) is 2.45. The van der Waals surface area contributed by atoms with Crippen LogP contribution in [0.25, 0.3) is 0 Å². The number of hydrogen-bond acceptors (Lipinski definition) is 6. The van der Waals surface area contributed by atoms with E-state index in [0.717, 1.165) is 0 Å². The predicted molar refractivity (Wildman–Crippen MR) is 51.6 cm³/mol. The quantitative estimate of drug-likeness (QED) is 0.494. The number of nitrogens with one attached hydrogen (secondary N) is 2. The summed E-state index contributed by atoms with van der Waals surface area (Å²) in [5, 5.41) is 19.7. The number of aromatic nitrogens is 4. The van der Waals surface area contributed by atoms with Gasteiger partial charge in [-0.2, -0.15) is 0 Å². The van der Waals surface area contributed by atoms with E-state index in [1.807, 2.05) is 0 Å². The van der Waals surface area contributed by atoms with Gasteiger partial charge in [0, 0.05) is 24.8 Å². The first kappa shape index (κ1) is 15.3. The van der Waals surface area contributed by atoms with Crippen LogP contribution in [0.1, 0.15) is 21.2 Å². The third-order valence-electron chi connectivity index (χ3n) is 1.38. The van der Waals surface area contributed by atoms with Gasteiger partial charge in [0.1, 0.15) is 11.9 Å². The molecule has 17 heavy (non-hydrogen) atoms. The van der Waals surface area contributed by atoms with Crippen LogP contribution in [0.3, 0.4) is 0 Å². The molecule has 9 heteroatoms. The molecule has 0 aliphatic carbocycles. The zero-order valence-corrected chi connectivity index (χ0v) is 12.2. The van der Waals surface area contributed by atoms with Gasteiger partial charge in [0.05, 0.1) is 0 Å². The maximum Gasteiger partial charge on any atom is 2.00 e. The van der Waals surface area contributed by atoms with Gasteiger partial charge in [0.25, 0.3) is 0 Å². The van der Waals surface area contributed by atoms with Gasteiger partial charge in [-0.3, -0.25) is 0 Å². The fraction of sp³-hybridized carbons (Fsp3) is 0. The molecule has 2 N–H and O–H groups in total. The summed E-state index contributed by atoms with van der Waals surface area (Å²) in [5.41, 5.74) is 0. The molecule has 2 radical (unpaired) electrons. The van der Waals surface area contributed by atoms with Crippen LogP contribution in [0.2, 0.25) is 0 Å². The van der Waals surface area contributed by atoms with Crippen LogP contribution in [0, 0.1) is 0 Å². The topological polar surface area (TPSA) is 138 Å². The van der Waals surface area contributed by atoms with Crippen molar-refractivity contribution in [2.45, 2.75) is 0 Å². The number of hydrogen-bond donors (Lipinski definition) is 2. The Labute approximate surface area is 115 Å². The molecule has 2 aromatic rings. The Balaban J connectivity index is 0.000000284. The first-order valence-corrected chi connectivity index (χ1v) is 4.02. The third-order valence-corrected chi connectivity index (χ3v) is 1.38. The molecule has 2 rings (SSSR count). The Morgan fingerprint density at radius 2 is 1.29 bits per heavy atom. The maximum atomic E-state index is 9.86. The molecule has 0 saturated heterocycles. The van der Waals surface area contributed by atoms with Gasteiger partial charge in [0.2, 0.25) is 0 Å². The number of carbonyl (C=O) groups is 2. The molecule has 0 bridgehead atoms. The zero-order chi connectivity index (χ0) is 12.0. The molecule has 0 unspecified atom stereocenters. The number of nitrogens with zero attached hydrogens (tertiary/aromatic N) is 2. The second-order valence-electron chi connectivity index (χ2n) is 2.45. The summed E-state index contributed by atoms with van der Waals surface area (Å²) < 4.78 is 0. The molecule has 0 amide bonds. The monoisotopic (exact) mass is 430 g/mol. The Bertz CT molecular complexity index is 410. The first-order valence-electron chi connectivity index (χ1n) is 4.02. The van der Waals surface area contributed by atoms with Gasteiger partial charge in [0.15, 0.2) is 11.6 Å². The maximum absolute atomic E-state index is 9.86. The average molecular weight is 429 g/mol. The minimum atomic E-state index is -1.28. The van der Waals surface area contributed by atoms with Crippen molar-refractivity contribution in [3.05, 3.63) is 36.4 Å². The molecule has 0 aliphatic heterocycles. The van der Waals surface area contributed by atoms with Gasteiger partial charge >= 0.3 is 27.3 Å². The summed E-state index contributed by atoms with van der Waals surface area (Å²) in [6, 6.07) is 0. The molecule has 0 saturated carbocycles. The summed E-state index contributed by atoms with van der Waals surface area (Å²) in [4.78, 5) is 31.2. The molecule has 0 spiro atoms. The van der Waals surface area contributed by atoms with E-state index in [1.165, 1.54) is 24.8 Å². The summed E-state index contributed by atoms with van der Waals surface area (Å²) in [5.74, 6) is -2.83. The number of aromatic carboxylic acids is 2. The second kappa shape index (κ2) is 7.54. The minimum absolute atomic E-state index is 0. The van der Waals surface area contributed by atoms with Crippen molar-refractivity contribution in [1.82, 2.24) is 19.9 Å². The number of imidazole rings is 2. The first-order chi connectivity index (χ1) is 7.61. The minimum Gasteiger partial charge on any atom is -0.542 e. The van der Waals surface area contributed by atoms with E-state index in [9.17, 15) is 19.8 Å². The Morgan fingerprint density at radius 3 is 1.41 bits per heavy atom. The van der Waals surface area contributed by atoms with E-state index in [1.54, 1.807) is 0 Å². The van der Waals surface area contributed by atoms with Crippen LogP contribution in [0.15, 0.2) is 24.8 Å². The average Bonchev–Trinajstić information content (AvgIpc) is 2.93. The van der Waals surface area contributed by atoms with Gasteiger partial charge in [-0.25, -0.2) is 9.97 Å². The van der Waals surface area contributed by atoms with E-state index in [4.69, 9.17) is 0 Å². The molecule has 0 fully saturated rings. The summed E-state index contributed by atoms with van der Waals surface area (Å²) >= 11 is 0. The summed E-state index contributed by atoms with van der Waals surface area (Å²) in [7, 11) is 0. The smallest absolute Gasteiger partial charge is 0.542 e. The van der Waals surface area contributed by atoms with E-state index >= 15 is 0 Å². The number of carboxylic acid groups (broad SMARTS) is 2. The summed E-state index contributed by atoms with van der Waals surface area (Å²) in [6.07, 6.45) is 5.55. The van der Waals surface area contributed by atoms with Gasteiger partial charge in [-0.05, 0) is 0 Å².